The summed E-state index contributed by atoms with van der Waals surface area (Å²) < 4.78 is 25.5. The summed E-state index contributed by atoms with van der Waals surface area (Å²) in [5.41, 5.74) is 0.439. The highest BCUT2D eigenvalue weighted by atomic mass is 35.5. The molecule has 0 aromatic heterocycles. The summed E-state index contributed by atoms with van der Waals surface area (Å²) in [4.78, 5) is 17.8. The molecule has 41 heavy (non-hydrogen) atoms. The molecule has 0 spiro atoms. The number of hydrogen-bond acceptors (Lipinski definition) is 6. The maximum absolute atomic E-state index is 13.4. The lowest BCUT2D eigenvalue weighted by molar-refractivity contribution is 0.00227. The fourth-order valence-electron chi connectivity index (χ4n) is 5.70. The SMILES string of the molecule is O=C(c1ccccc1)N1CCCC(SCN2CCC(O)(CS(=O)(=O)c3ccccc3)CC2)(c2ccc(Cl)c(Cl)c2)C1. The Hall–Kier alpha value is -2.07. The standard InChI is InChI=1S/C31H34Cl2N2O4S2/c32-27-13-12-25(20-28(27)33)31(14-7-17-35(21-31)29(36)24-8-3-1-4-9-24)40-23-34-18-15-30(37,16-19-34)22-41(38,39)26-10-5-2-6-11-26/h1-6,8-13,20,37H,7,14-19,21-23H2. The highest BCUT2D eigenvalue weighted by Crippen LogP contribution is 2.46. The topological polar surface area (TPSA) is 77.9 Å². The summed E-state index contributed by atoms with van der Waals surface area (Å²) in [6.07, 6.45) is 2.47. The van der Waals surface area contributed by atoms with Gasteiger partial charge in [-0.15, -0.1) is 11.8 Å². The van der Waals surface area contributed by atoms with Crippen LogP contribution in [-0.2, 0) is 14.6 Å². The second-order valence-electron chi connectivity index (χ2n) is 11.0. The molecule has 1 N–H and O–H groups in total. The summed E-state index contributed by atoms with van der Waals surface area (Å²) in [7, 11) is -3.59. The molecule has 1 amide bonds. The molecule has 2 aliphatic rings. The zero-order valence-corrected chi connectivity index (χ0v) is 25.9. The monoisotopic (exact) mass is 632 g/mol. The van der Waals surface area contributed by atoms with Gasteiger partial charge < -0.3 is 10.0 Å². The molecule has 0 radical (unpaired) electrons. The Labute approximate surface area is 256 Å². The average Bonchev–Trinajstić information content (AvgIpc) is 2.98. The van der Waals surface area contributed by atoms with Gasteiger partial charge in [-0.2, -0.15) is 0 Å². The van der Waals surface area contributed by atoms with Crippen molar-refractivity contribution in [3.05, 3.63) is 100 Å². The largest absolute Gasteiger partial charge is 0.389 e. The molecule has 2 fully saturated rings. The van der Waals surface area contributed by atoms with Gasteiger partial charge in [0, 0.05) is 37.6 Å². The van der Waals surface area contributed by atoms with Crippen LogP contribution in [0.1, 0.15) is 41.6 Å². The van der Waals surface area contributed by atoms with E-state index in [1.807, 2.05) is 53.4 Å². The highest BCUT2D eigenvalue weighted by molar-refractivity contribution is 8.00. The van der Waals surface area contributed by atoms with E-state index in [9.17, 15) is 18.3 Å². The third-order valence-corrected chi connectivity index (χ3v) is 12.3. The van der Waals surface area contributed by atoms with Crippen LogP contribution in [0.2, 0.25) is 10.0 Å². The maximum Gasteiger partial charge on any atom is 0.253 e. The average molecular weight is 634 g/mol. The highest BCUT2D eigenvalue weighted by Gasteiger charge is 2.42. The van der Waals surface area contributed by atoms with Gasteiger partial charge in [-0.1, -0.05) is 65.7 Å². The van der Waals surface area contributed by atoms with E-state index in [1.54, 1.807) is 42.1 Å². The molecule has 3 aromatic carbocycles. The molecule has 2 heterocycles. The van der Waals surface area contributed by atoms with Gasteiger partial charge in [0.15, 0.2) is 9.84 Å². The van der Waals surface area contributed by atoms with Crippen molar-refractivity contribution in [2.75, 3.05) is 37.8 Å². The number of piperidine rings is 2. The number of halogens is 2. The minimum atomic E-state index is -3.59. The first-order valence-corrected chi connectivity index (χ1v) is 17.2. The van der Waals surface area contributed by atoms with Crippen LogP contribution in [0.4, 0.5) is 0 Å². The second kappa shape index (κ2) is 12.7. The van der Waals surface area contributed by atoms with Crippen LogP contribution in [0.5, 0.6) is 0 Å². The number of nitrogens with zero attached hydrogens (tertiary/aromatic N) is 2. The van der Waals surface area contributed by atoms with Gasteiger partial charge in [0.2, 0.25) is 0 Å². The van der Waals surface area contributed by atoms with Gasteiger partial charge in [0.25, 0.3) is 5.91 Å². The zero-order chi connectivity index (χ0) is 29.1. The van der Waals surface area contributed by atoms with Crippen molar-refractivity contribution in [2.45, 2.75) is 40.9 Å². The van der Waals surface area contributed by atoms with Crippen LogP contribution in [0.25, 0.3) is 0 Å². The minimum absolute atomic E-state index is 0.0120. The summed E-state index contributed by atoms with van der Waals surface area (Å²) >= 11 is 14.5. The van der Waals surface area contributed by atoms with Gasteiger partial charge in [-0.05, 0) is 67.6 Å². The van der Waals surface area contributed by atoms with Gasteiger partial charge in [-0.3, -0.25) is 9.69 Å². The molecule has 0 saturated carbocycles. The van der Waals surface area contributed by atoms with Crippen molar-refractivity contribution in [1.82, 2.24) is 9.80 Å². The molecule has 2 saturated heterocycles. The Morgan fingerprint density at radius 1 is 0.878 bits per heavy atom. The maximum atomic E-state index is 13.4. The van der Waals surface area contributed by atoms with E-state index in [0.29, 0.717) is 60.5 Å². The molecule has 1 atom stereocenters. The smallest absolute Gasteiger partial charge is 0.253 e. The van der Waals surface area contributed by atoms with Crippen LogP contribution >= 0.6 is 35.0 Å². The Balaban J connectivity index is 1.29. The quantitative estimate of drug-likeness (QED) is 0.323. The number of rotatable bonds is 8. The predicted molar refractivity (Wildman–Crippen MR) is 166 cm³/mol. The molecule has 2 aliphatic heterocycles. The summed E-state index contributed by atoms with van der Waals surface area (Å²) in [5, 5.41) is 12.2. The third kappa shape index (κ3) is 7.12. The molecule has 6 nitrogen and oxygen atoms in total. The van der Waals surface area contributed by atoms with Crippen molar-refractivity contribution in [3.63, 3.8) is 0 Å². The normalized spacial score (nSPS) is 21.5. The molecule has 0 bridgehead atoms. The van der Waals surface area contributed by atoms with Crippen molar-refractivity contribution < 1.29 is 18.3 Å². The van der Waals surface area contributed by atoms with E-state index in [-0.39, 0.29) is 21.3 Å². The van der Waals surface area contributed by atoms with E-state index < -0.39 is 15.4 Å². The number of likely N-dealkylation sites (tertiary alicyclic amines) is 2. The summed E-state index contributed by atoms with van der Waals surface area (Å²) in [5.74, 6) is 0.405. The number of sulfone groups is 1. The van der Waals surface area contributed by atoms with E-state index in [1.165, 1.54) is 0 Å². The van der Waals surface area contributed by atoms with Crippen LogP contribution < -0.4 is 0 Å². The first kappa shape index (κ1) is 30.4. The van der Waals surface area contributed by atoms with E-state index in [4.69, 9.17) is 23.2 Å². The summed E-state index contributed by atoms with van der Waals surface area (Å²) in [6, 6.07) is 23.4. The van der Waals surface area contributed by atoms with Gasteiger partial charge >= 0.3 is 0 Å². The number of benzene rings is 3. The Morgan fingerprint density at radius 3 is 2.20 bits per heavy atom. The van der Waals surface area contributed by atoms with Crippen molar-refractivity contribution in [3.8, 4) is 0 Å². The van der Waals surface area contributed by atoms with E-state index in [0.717, 1.165) is 18.4 Å². The lowest BCUT2D eigenvalue weighted by atomic mass is 9.89. The molecule has 0 aliphatic carbocycles. The van der Waals surface area contributed by atoms with E-state index in [2.05, 4.69) is 4.90 Å². The van der Waals surface area contributed by atoms with Crippen molar-refractivity contribution >= 4 is 50.7 Å². The Bertz CT molecular complexity index is 1470. The fourth-order valence-corrected chi connectivity index (χ4v) is 9.25. The van der Waals surface area contributed by atoms with Crippen molar-refractivity contribution in [2.24, 2.45) is 0 Å². The van der Waals surface area contributed by atoms with Gasteiger partial charge in [0.1, 0.15) is 0 Å². The van der Waals surface area contributed by atoms with Crippen molar-refractivity contribution in [1.29, 1.82) is 0 Å². The van der Waals surface area contributed by atoms with Gasteiger partial charge in [0.05, 0.1) is 31.0 Å². The van der Waals surface area contributed by atoms with Crippen LogP contribution in [0.15, 0.2) is 83.8 Å². The minimum Gasteiger partial charge on any atom is -0.389 e. The predicted octanol–water partition coefficient (Wildman–Crippen LogP) is 6.12. The van der Waals surface area contributed by atoms with Gasteiger partial charge in [-0.25, -0.2) is 8.42 Å². The lowest BCUT2D eigenvalue weighted by Gasteiger charge is -2.45. The lowest BCUT2D eigenvalue weighted by Crippen LogP contribution is -2.50. The number of carbonyl (C=O) groups is 1. The number of hydrogen-bond donors (Lipinski definition) is 1. The number of amides is 1. The van der Waals surface area contributed by atoms with E-state index >= 15 is 0 Å². The third-order valence-electron chi connectivity index (χ3n) is 8.08. The molecule has 218 valence electrons. The number of aliphatic hydroxyl groups is 1. The molecule has 10 heteroatoms. The Kier molecular flexibility index (Phi) is 9.38. The van der Waals surface area contributed by atoms with Crippen LogP contribution in [-0.4, -0.2) is 72.6 Å². The molecule has 5 rings (SSSR count). The Morgan fingerprint density at radius 2 is 1.54 bits per heavy atom. The zero-order valence-electron chi connectivity index (χ0n) is 22.7. The summed E-state index contributed by atoms with van der Waals surface area (Å²) in [6.45, 7) is 2.39. The second-order valence-corrected chi connectivity index (χ2v) is 15.1. The molecular formula is C31H34Cl2N2O4S2. The molecule has 1 unspecified atom stereocenters. The first-order chi connectivity index (χ1) is 19.6. The fraction of sp³-hybridized carbons (Fsp3) is 0.387. The van der Waals surface area contributed by atoms with Crippen LogP contribution in [0, 0.1) is 0 Å². The number of carbonyl (C=O) groups excluding carboxylic acids is 1. The number of thioether (sulfide) groups is 1. The molecule has 3 aromatic rings. The first-order valence-electron chi connectivity index (χ1n) is 13.8. The molecular weight excluding hydrogens is 599 g/mol. The van der Waals surface area contributed by atoms with Crippen LogP contribution in [0.3, 0.4) is 0 Å².